The van der Waals surface area contributed by atoms with Crippen molar-refractivity contribution in [3.05, 3.63) is 131 Å². The summed E-state index contributed by atoms with van der Waals surface area (Å²) in [6, 6.07) is 24.0. The fraction of sp³-hybridized carbons (Fsp3) is 0.138. The molecule has 0 spiro atoms. The van der Waals surface area contributed by atoms with Crippen LogP contribution in [0.15, 0.2) is 102 Å². The second-order valence-corrected chi connectivity index (χ2v) is 10.0. The Labute approximate surface area is 215 Å². The SMILES string of the molecule is CCc1ccc(C(=O)N(Cc2ccc(F)cc2)Cc2ccc(OS(=O)(=O)c3ccc(F)cc3)cc2)cc1. The number of carbonyl (C=O) groups excluding carboxylic acids is 1. The predicted molar refractivity (Wildman–Crippen MR) is 136 cm³/mol. The van der Waals surface area contributed by atoms with Crippen LogP contribution in [0, 0.1) is 11.6 Å². The van der Waals surface area contributed by atoms with Gasteiger partial charge in [-0.2, -0.15) is 8.42 Å². The van der Waals surface area contributed by atoms with Crippen molar-refractivity contribution in [3.63, 3.8) is 0 Å². The second kappa shape index (κ2) is 11.3. The highest BCUT2D eigenvalue weighted by Gasteiger charge is 2.19. The van der Waals surface area contributed by atoms with Crippen molar-refractivity contribution in [1.82, 2.24) is 4.90 Å². The number of nitrogens with zero attached hydrogens (tertiary/aromatic N) is 1. The minimum absolute atomic E-state index is 0.0830. The molecule has 0 aliphatic rings. The molecule has 190 valence electrons. The first-order chi connectivity index (χ1) is 17.7. The Morgan fingerprint density at radius 1 is 0.703 bits per heavy atom. The van der Waals surface area contributed by atoms with Crippen LogP contribution < -0.4 is 4.18 Å². The topological polar surface area (TPSA) is 63.7 Å². The zero-order valence-electron chi connectivity index (χ0n) is 20.1. The average Bonchev–Trinajstić information content (AvgIpc) is 2.90. The summed E-state index contributed by atoms with van der Waals surface area (Å²) in [4.78, 5) is 14.9. The molecule has 4 aromatic rings. The minimum atomic E-state index is -4.13. The lowest BCUT2D eigenvalue weighted by Crippen LogP contribution is -2.30. The molecule has 4 aromatic carbocycles. The number of hydrogen-bond acceptors (Lipinski definition) is 4. The van der Waals surface area contributed by atoms with Crippen molar-refractivity contribution >= 4 is 16.0 Å². The van der Waals surface area contributed by atoms with Gasteiger partial charge in [0.1, 0.15) is 22.3 Å². The first kappa shape index (κ1) is 26.0. The normalized spacial score (nSPS) is 11.2. The molecule has 1 amide bonds. The average molecular weight is 522 g/mol. The molecule has 5 nitrogen and oxygen atoms in total. The predicted octanol–water partition coefficient (Wildman–Crippen LogP) is 6.14. The maximum absolute atomic E-state index is 13.4. The molecular formula is C29H25F2NO4S. The van der Waals surface area contributed by atoms with Crippen LogP contribution in [0.2, 0.25) is 0 Å². The van der Waals surface area contributed by atoms with Crippen molar-refractivity contribution in [2.24, 2.45) is 0 Å². The maximum Gasteiger partial charge on any atom is 0.339 e. The molecule has 0 aromatic heterocycles. The lowest BCUT2D eigenvalue weighted by Gasteiger charge is -2.23. The van der Waals surface area contributed by atoms with Crippen molar-refractivity contribution in [1.29, 1.82) is 0 Å². The van der Waals surface area contributed by atoms with Crippen LogP contribution in [-0.2, 0) is 29.6 Å². The molecule has 0 saturated carbocycles. The smallest absolute Gasteiger partial charge is 0.339 e. The Kier molecular flexibility index (Phi) is 7.98. The third kappa shape index (κ3) is 6.80. The molecule has 0 N–H and O–H groups in total. The van der Waals surface area contributed by atoms with Crippen molar-refractivity contribution in [2.45, 2.75) is 31.3 Å². The monoisotopic (exact) mass is 521 g/mol. The molecule has 0 unspecified atom stereocenters. The summed E-state index contributed by atoms with van der Waals surface area (Å²) in [6.45, 7) is 2.53. The minimum Gasteiger partial charge on any atom is -0.379 e. The van der Waals surface area contributed by atoms with Gasteiger partial charge in [-0.05, 0) is 83.8 Å². The van der Waals surface area contributed by atoms with Crippen LogP contribution in [0.25, 0.3) is 0 Å². The van der Waals surface area contributed by atoms with E-state index in [1.807, 2.05) is 19.1 Å². The quantitative estimate of drug-likeness (QED) is 0.248. The Morgan fingerprint density at radius 2 is 1.16 bits per heavy atom. The first-order valence-electron chi connectivity index (χ1n) is 11.6. The summed E-state index contributed by atoms with van der Waals surface area (Å²) < 4.78 is 56.6. The third-order valence-corrected chi connectivity index (χ3v) is 7.05. The van der Waals surface area contributed by atoms with E-state index in [-0.39, 0.29) is 35.5 Å². The Hall–Kier alpha value is -4.04. The van der Waals surface area contributed by atoms with Gasteiger partial charge in [-0.3, -0.25) is 4.79 Å². The number of amides is 1. The summed E-state index contributed by atoms with van der Waals surface area (Å²) in [5, 5.41) is 0. The van der Waals surface area contributed by atoms with E-state index >= 15 is 0 Å². The van der Waals surface area contributed by atoms with Gasteiger partial charge in [0.25, 0.3) is 5.91 Å². The highest BCUT2D eigenvalue weighted by Crippen LogP contribution is 2.21. The van der Waals surface area contributed by atoms with E-state index < -0.39 is 15.9 Å². The highest BCUT2D eigenvalue weighted by molar-refractivity contribution is 7.87. The molecule has 0 saturated heterocycles. The molecule has 0 atom stereocenters. The van der Waals surface area contributed by atoms with Gasteiger partial charge in [-0.1, -0.05) is 43.3 Å². The molecule has 0 aliphatic heterocycles. The summed E-state index contributed by atoms with van der Waals surface area (Å²) in [5.41, 5.74) is 3.16. The van der Waals surface area contributed by atoms with Gasteiger partial charge in [-0.15, -0.1) is 0 Å². The first-order valence-corrected chi connectivity index (χ1v) is 13.1. The van der Waals surface area contributed by atoms with Crippen LogP contribution in [0.3, 0.4) is 0 Å². The Bertz CT molecular complexity index is 1450. The number of rotatable bonds is 9. The van der Waals surface area contributed by atoms with Crippen molar-refractivity contribution in [3.8, 4) is 5.75 Å². The number of benzene rings is 4. The summed E-state index contributed by atoms with van der Waals surface area (Å²) in [6.07, 6.45) is 0.860. The standard InChI is InChI=1S/C29H25F2NO4S/c1-2-21-3-9-24(10-4-21)29(33)32(19-22-5-11-25(30)12-6-22)20-23-7-15-27(16-8-23)36-37(34,35)28-17-13-26(31)14-18-28/h3-18H,2,19-20H2,1H3. The van der Waals surface area contributed by atoms with E-state index in [0.29, 0.717) is 5.56 Å². The van der Waals surface area contributed by atoms with Gasteiger partial charge in [0.05, 0.1) is 0 Å². The van der Waals surface area contributed by atoms with E-state index in [1.54, 1.807) is 41.3 Å². The molecule has 0 heterocycles. The van der Waals surface area contributed by atoms with Crippen LogP contribution in [0.5, 0.6) is 5.75 Å². The third-order valence-electron chi connectivity index (χ3n) is 5.79. The summed E-state index contributed by atoms with van der Waals surface area (Å²) in [5.74, 6) is -1.02. The molecule has 0 aliphatic carbocycles. The molecular weight excluding hydrogens is 496 g/mol. The maximum atomic E-state index is 13.4. The Balaban J connectivity index is 1.53. The van der Waals surface area contributed by atoms with Crippen LogP contribution in [-0.4, -0.2) is 19.2 Å². The lowest BCUT2D eigenvalue weighted by molar-refractivity contribution is 0.0730. The van der Waals surface area contributed by atoms with E-state index in [4.69, 9.17) is 4.18 Å². The molecule has 37 heavy (non-hydrogen) atoms. The van der Waals surface area contributed by atoms with Gasteiger partial charge < -0.3 is 9.08 Å². The van der Waals surface area contributed by atoms with Crippen LogP contribution >= 0.6 is 0 Å². The van der Waals surface area contributed by atoms with E-state index in [9.17, 15) is 22.0 Å². The summed E-state index contributed by atoms with van der Waals surface area (Å²) in [7, 11) is -4.13. The molecule has 8 heteroatoms. The second-order valence-electron chi connectivity index (χ2n) is 8.47. The molecule has 0 fully saturated rings. The molecule has 0 bridgehead atoms. The largest absolute Gasteiger partial charge is 0.379 e. The highest BCUT2D eigenvalue weighted by atomic mass is 32.2. The molecule has 4 rings (SSSR count). The lowest BCUT2D eigenvalue weighted by atomic mass is 10.1. The van der Waals surface area contributed by atoms with Gasteiger partial charge in [0.15, 0.2) is 0 Å². The van der Waals surface area contributed by atoms with Gasteiger partial charge in [0, 0.05) is 18.7 Å². The van der Waals surface area contributed by atoms with Crippen molar-refractivity contribution < 1.29 is 26.2 Å². The van der Waals surface area contributed by atoms with Gasteiger partial charge in [-0.25, -0.2) is 8.78 Å². The van der Waals surface area contributed by atoms with Gasteiger partial charge in [0.2, 0.25) is 0 Å². The Morgan fingerprint density at radius 3 is 1.68 bits per heavy atom. The van der Waals surface area contributed by atoms with E-state index in [2.05, 4.69) is 0 Å². The molecule has 0 radical (unpaired) electrons. The number of hydrogen-bond donors (Lipinski definition) is 0. The zero-order chi connectivity index (χ0) is 26.4. The fourth-order valence-electron chi connectivity index (χ4n) is 3.72. The van der Waals surface area contributed by atoms with E-state index in [1.165, 1.54) is 24.3 Å². The van der Waals surface area contributed by atoms with Crippen LogP contribution in [0.1, 0.15) is 34.0 Å². The van der Waals surface area contributed by atoms with Crippen molar-refractivity contribution in [2.75, 3.05) is 0 Å². The van der Waals surface area contributed by atoms with Gasteiger partial charge >= 0.3 is 10.1 Å². The zero-order valence-corrected chi connectivity index (χ0v) is 20.9. The van der Waals surface area contributed by atoms with E-state index in [0.717, 1.165) is 47.4 Å². The number of halogens is 2. The number of carbonyl (C=O) groups is 1. The van der Waals surface area contributed by atoms with Crippen LogP contribution in [0.4, 0.5) is 8.78 Å². The fourth-order valence-corrected chi connectivity index (χ4v) is 4.65. The summed E-state index contributed by atoms with van der Waals surface area (Å²) >= 11 is 0. The number of aryl methyl sites for hydroxylation is 1.